The van der Waals surface area contributed by atoms with E-state index in [1.54, 1.807) is 42.5 Å². The largest absolute Gasteiger partial charge is 0.380 e. The minimum Gasteiger partial charge on any atom is -0.380 e. The summed E-state index contributed by atoms with van der Waals surface area (Å²) in [6.45, 7) is 0. The first-order valence-electron chi connectivity index (χ1n) is 8.58. The molecule has 3 aromatic carbocycles. The second-order valence-corrected chi connectivity index (χ2v) is 6.54. The van der Waals surface area contributed by atoms with E-state index in [-0.39, 0.29) is 34.5 Å². The third kappa shape index (κ3) is 2.78. The Morgan fingerprint density at radius 3 is 2.04 bits per heavy atom. The molecule has 0 heterocycles. The molecule has 4 rings (SSSR count). The van der Waals surface area contributed by atoms with Gasteiger partial charge in [0.25, 0.3) is 0 Å². The minimum absolute atomic E-state index is 0.0393. The fourth-order valence-electron chi connectivity index (χ4n) is 3.71. The van der Waals surface area contributed by atoms with Crippen LogP contribution in [0, 0.1) is 11.6 Å². The summed E-state index contributed by atoms with van der Waals surface area (Å²) < 4.78 is 29.2. The van der Waals surface area contributed by atoms with Crippen LogP contribution in [-0.2, 0) is 10.4 Å². The number of allylic oxidation sites excluding steroid dienone is 1. The summed E-state index contributed by atoms with van der Waals surface area (Å²) in [5, 5.41) is 11.5. The molecule has 27 heavy (non-hydrogen) atoms. The Morgan fingerprint density at radius 1 is 0.778 bits per heavy atom. The lowest BCUT2D eigenvalue weighted by Gasteiger charge is -2.27. The molecule has 1 aliphatic carbocycles. The van der Waals surface area contributed by atoms with Crippen LogP contribution in [0.2, 0.25) is 0 Å². The maximum Gasteiger partial charge on any atom is 0.167 e. The van der Waals surface area contributed by atoms with Crippen LogP contribution < -0.4 is 0 Å². The van der Waals surface area contributed by atoms with Crippen LogP contribution in [0.15, 0.2) is 78.9 Å². The minimum atomic E-state index is -1.95. The number of carbonyl (C=O) groups is 1. The maximum absolute atomic E-state index is 14.7. The summed E-state index contributed by atoms with van der Waals surface area (Å²) in [4.78, 5) is 12.9. The first-order chi connectivity index (χ1) is 13.0. The summed E-state index contributed by atoms with van der Waals surface area (Å²) >= 11 is 0. The molecule has 0 saturated heterocycles. The van der Waals surface area contributed by atoms with Crippen LogP contribution >= 0.6 is 0 Å². The average molecular weight is 362 g/mol. The topological polar surface area (TPSA) is 37.3 Å². The van der Waals surface area contributed by atoms with Crippen LogP contribution in [0.4, 0.5) is 8.78 Å². The van der Waals surface area contributed by atoms with E-state index in [1.807, 2.05) is 0 Å². The van der Waals surface area contributed by atoms with Gasteiger partial charge < -0.3 is 5.11 Å². The highest BCUT2D eigenvalue weighted by Crippen LogP contribution is 2.51. The van der Waals surface area contributed by atoms with Crippen molar-refractivity contribution >= 4 is 16.9 Å². The SMILES string of the molecule is O=C1C[C@](O)(c2ccccc2F)C(c2ccccc2F)=C1c1ccccc1. The Labute approximate surface area is 155 Å². The molecular weight excluding hydrogens is 346 g/mol. The van der Waals surface area contributed by atoms with E-state index < -0.39 is 17.2 Å². The van der Waals surface area contributed by atoms with Crippen molar-refractivity contribution in [3.8, 4) is 0 Å². The standard InChI is InChI=1S/C23H16F2O2/c24-18-12-6-4-10-16(18)22-21(15-8-2-1-3-9-15)20(26)14-23(22,27)17-11-5-7-13-19(17)25/h1-13,27H,14H2/t23-/m0/s1. The molecule has 0 aliphatic heterocycles. The van der Waals surface area contributed by atoms with Gasteiger partial charge in [-0.3, -0.25) is 4.79 Å². The van der Waals surface area contributed by atoms with Crippen molar-refractivity contribution in [1.82, 2.24) is 0 Å². The van der Waals surface area contributed by atoms with Gasteiger partial charge in [-0.05, 0) is 17.7 Å². The summed E-state index contributed by atoms with van der Waals surface area (Å²) in [5.74, 6) is -1.58. The molecule has 2 nitrogen and oxygen atoms in total. The van der Waals surface area contributed by atoms with Crippen LogP contribution in [0.3, 0.4) is 0 Å². The molecule has 1 aliphatic rings. The molecule has 1 N–H and O–H groups in total. The van der Waals surface area contributed by atoms with Gasteiger partial charge in [0.15, 0.2) is 5.78 Å². The van der Waals surface area contributed by atoms with Crippen LogP contribution in [-0.4, -0.2) is 10.9 Å². The van der Waals surface area contributed by atoms with E-state index in [0.717, 1.165) is 0 Å². The van der Waals surface area contributed by atoms with E-state index in [4.69, 9.17) is 0 Å². The summed E-state index contributed by atoms with van der Waals surface area (Å²) in [6.07, 6.45) is -0.345. The smallest absolute Gasteiger partial charge is 0.167 e. The fourth-order valence-corrected chi connectivity index (χ4v) is 3.71. The average Bonchev–Trinajstić information content (AvgIpc) is 2.94. The zero-order valence-corrected chi connectivity index (χ0v) is 14.3. The number of Topliss-reactive ketones (excluding diaryl/α,β-unsaturated/α-hetero) is 1. The summed E-state index contributed by atoms with van der Waals surface area (Å²) in [5.41, 5.74) is -1.02. The number of hydrogen-bond donors (Lipinski definition) is 1. The maximum atomic E-state index is 14.7. The fraction of sp³-hybridized carbons (Fsp3) is 0.0870. The quantitative estimate of drug-likeness (QED) is 0.731. The molecular formula is C23H16F2O2. The molecule has 0 fully saturated rings. The van der Waals surface area contributed by atoms with Gasteiger partial charge in [0.05, 0.1) is 0 Å². The highest BCUT2D eigenvalue weighted by molar-refractivity contribution is 6.33. The molecule has 0 saturated carbocycles. The molecule has 0 radical (unpaired) electrons. The Morgan fingerprint density at radius 2 is 1.37 bits per heavy atom. The van der Waals surface area contributed by atoms with Crippen molar-refractivity contribution in [2.24, 2.45) is 0 Å². The molecule has 0 amide bonds. The van der Waals surface area contributed by atoms with Crippen molar-refractivity contribution in [1.29, 1.82) is 0 Å². The second kappa shape index (κ2) is 6.56. The number of ketones is 1. The first-order valence-corrected chi connectivity index (χ1v) is 8.58. The monoisotopic (exact) mass is 362 g/mol. The Hall–Kier alpha value is -3.11. The van der Waals surface area contributed by atoms with Gasteiger partial charge in [-0.15, -0.1) is 0 Å². The molecule has 0 spiro atoms. The number of halogens is 2. The van der Waals surface area contributed by atoms with E-state index in [9.17, 15) is 18.7 Å². The molecule has 0 bridgehead atoms. The van der Waals surface area contributed by atoms with Crippen molar-refractivity contribution in [3.63, 3.8) is 0 Å². The zero-order chi connectivity index (χ0) is 19.0. The molecule has 0 unspecified atom stereocenters. The summed E-state index contributed by atoms with van der Waals surface area (Å²) in [7, 11) is 0. The molecule has 134 valence electrons. The molecule has 0 aromatic heterocycles. The Kier molecular flexibility index (Phi) is 4.21. The second-order valence-electron chi connectivity index (χ2n) is 6.54. The number of aliphatic hydroxyl groups is 1. The Bertz CT molecular complexity index is 1060. The number of benzene rings is 3. The van der Waals surface area contributed by atoms with Crippen molar-refractivity contribution in [2.45, 2.75) is 12.0 Å². The van der Waals surface area contributed by atoms with Gasteiger partial charge in [-0.2, -0.15) is 0 Å². The lowest BCUT2D eigenvalue weighted by atomic mass is 9.82. The Balaban J connectivity index is 2.07. The van der Waals surface area contributed by atoms with Gasteiger partial charge in [0, 0.05) is 28.7 Å². The van der Waals surface area contributed by atoms with Gasteiger partial charge in [0.2, 0.25) is 0 Å². The van der Waals surface area contributed by atoms with Crippen LogP contribution in [0.25, 0.3) is 11.1 Å². The highest BCUT2D eigenvalue weighted by atomic mass is 19.1. The summed E-state index contributed by atoms with van der Waals surface area (Å²) in [6, 6.07) is 20.4. The van der Waals surface area contributed by atoms with E-state index in [2.05, 4.69) is 0 Å². The number of carbonyl (C=O) groups excluding carboxylic acids is 1. The number of hydrogen-bond acceptors (Lipinski definition) is 2. The third-order valence-corrected chi connectivity index (χ3v) is 4.88. The number of rotatable bonds is 3. The molecule has 4 heteroatoms. The predicted molar refractivity (Wildman–Crippen MR) is 99.6 cm³/mol. The lowest BCUT2D eigenvalue weighted by molar-refractivity contribution is -0.115. The molecule has 1 atom stereocenters. The lowest BCUT2D eigenvalue weighted by Crippen LogP contribution is -2.27. The zero-order valence-electron chi connectivity index (χ0n) is 14.3. The predicted octanol–water partition coefficient (Wildman–Crippen LogP) is 4.74. The first kappa shape index (κ1) is 17.3. The normalized spacial score (nSPS) is 19.6. The van der Waals surface area contributed by atoms with Crippen LogP contribution in [0.5, 0.6) is 0 Å². The third-order valence-electron chi connectivity index (χ3n) is 4.88. The van der Waals surface area contributed by atoms with Crippen molar-refractivity contribution in [2.75, 3.05) is 0 Å². The van der Waals surface area contributed by atoms with E-state index in [0.29, 0.717) is 5.56 Å². The van der Waals surface area contributed by atoms with Gasteiger partial charge in [-0.25, -0.2) is 8.78 Å². The van der Waals surface area contributed by atoms with Crippen molar-refractivity contribution < 1.29 is 18.7 Å². The van der Waals surface area contributed by atoms with Gasteiger partial charge in [-0.1, -0.05) is 66.7 Å². The van der Waals surface area contributed by atoms with Crippen LogP contribution in [0.1, 0.15) is 23.1 Å². The molecule has 3 aromatic rings. The highest BCUT2D eigenvalue weighted by Gasteiger charge is 2.48. The van der Waals surface area contributed by atoms with Crippen molar-refractivity contribution in [3.05, 3.63) is 107 Å². The van der Waals surface area contributed by atoms with E-state index >= 15 is 0 Å². The van der Waals surface area contributed by atoms with Gasteiger partial charge in [0.1, 0.15) is 17.2 Å². The van der Waals surface area contributed by atoms with E-state index in [1.165, 1.54) is 36.4 Å². The van der Waals surface area contributed by atoms with Gasteiger partial charge >= 0.3 is 0 Å².